The van der Waals surface area contributed by atoms with Gasteiger partial charge in [0.2, 0.25) is 0 Å². The third-order valence-corrected chi connectivity index (χ3v) is 4.29. The summed E-state index contributed by atoms with van der Waals surface area (Å²) in [4.78, 5) is 25.1. The molecule has 1 aromatic rings. The van der Waals surface area contributed by atoms with Gasteiger partial charge in [0.1, 0.15) is 17.1 Å². The summed E-state index contributed by atoms with van der Waals surface area (Å²) in [6.07, 6.45) is 1.75. The van der Waals surface area contributed by atoms with Crippen LogP contribution in [-0.4, -0.2) is 39.1 Å². The molecule has 0 saturated carbocycles. The van der Waals surface area contributed by atoms with Gasteiger partial charge in [-0.2, -0.15) is 0 Å². The minimum absolute atomic E-state index is 0.174. The molecule has 2 aliphatic heterocycles. The third kappa shape index (κ3) is 1.75. The van der Waals surface area contributed by atoms with Crippen LogP contribution in [0.4, 0.5) is 4.39 Å². The summed E-state index contributed by atoms with van der Waals surface area (Å²) in [6, 6.07) is 3.11. The van der Waals surface area contributed by atoms with E-state index in [1.54, 1.807) is 0 Å². The van der Waals surface area contributed by atoms with E-state index in [-0.39, 0.29) is 11.6 Å². The third-order valence-electron chi connectivity index (χ3n) is 4.29. The molecule has 0 radical (unpaired) electrons. The van der Waals surface area contributed by atoms with E-state index in [1.807, 2.05) is 0 Å². The number of aromatic hydroxyl groups is 1. The molecule has 2 fully saturated rings. The van der Waals surface area contributed by atoms with Crippen LogP contribution in [-0.2, 0) is 4.79 Å². The number of nitrogens with zero attached hydrogens (tertiary/aromatic N) is 1. The lowest BCUT2D eigenvalue weighted by Gasteiger charge is -2.23. The van der Waals surface area contributed by atoms with Crippen LogP contribution < -0.4 is 0 Å². The van der Waals surface area contributed by atoms with Crippen LogP contribution in [0, 0.1) is 11.7 Å². The number of phenolic OH excluding ortho intramolecular Hbond substituents is 1. The summed E-state index contributed by atoms with van der Waals surface area (Å²) in [5.74, 6) is -3.32. The number of hydrogen-bond acceptors (Lipinski definition) is 3. The number of carboxylic acid groups (broad SMARTS) is 1. The maximum absolute atomic E-state index is 13.8. The van der Waals surface area contributed by atoms with E-state index in [9.17, 15) is 19.1 Å². The van der Waals surface area contributed by atoms with Crippen molar-refractivity contribution in [2.45, 2.75) is 31.3 Å². The van der Waals surface area contributed by atoms with Crippen molar-refractivity contribution in [2.75, 3.05) is 0 Å². The predicted octanol–water partition coefficient (Wildman–Crippen LogP) is 1.61. The van der Waals surface area contributed by atoms with Gasteiger partial charge in [0.25, 0.3) is 5.91 Å². The van der Waals surface area contributed by atoms with Gasteiger partial charge in [-0.25, -0.2) is 4.39 Å². The number of halogens is 1. The van der Waals surface area contributed by atoms with Gasteiger partial charge in [-0.3, -0.25) is 9.59 Å². The standard InChI is InChI=1S/C14H14FNO4/c15-9-2-1-3-11(17)12(9)13(18)16-7-4-5-10(16)8(6-7)14(19)20/h1-3,7-8,10,17H,4-6H2,(H,19,20). The second kappa shape index (κ2) is 4.47. The summed E-state index contributed by atoms with van der Waals surface area (Å²) in [5, 5.41) is 18.8. The Morgan fingerprint density at radius 1 is 1.30 bits per heavy atom. The fourth-order valence-corrected chi connectivity index (χ4v) is 3.42. The number of carbonyl (C=O) groups excluding carboxylic acids is 1. The molecule has 0 spiro atoms. The smallest absolute Gasteiger partial charge is 0.308 e. The Morgan fingerprint density at radius 2 is 2.05 bits per heavy atom. The highest BCUT2D eigenvalue weighted by Crippen LogP contribution is 2.43. The Hall–Kier alpha value is -2.11. The quantitative estimate of drug-likeness (QED) is 0.862. The molecule has 2 N–H and O–H groups in total. The fraction of sp³-hybridized carbons (Fsp3) is 0.429. The highest BCUT2D eigenvalue weighted by atomic mass is 19.1. The lowest BCUT2D eigenvalue weighted by atomic mass is 9.89. The van der Waals surface area contributed by atoms with Gasteiger partial charge >= 0.3 is 5.97 Å². The number of amides is 1. The zero-order valence-electron chi connectivity index (χ0n) is 10.6. The first-order valence-corrected chi connectivity index (χ1v) is 6.53. The Bertz CT molecular complexity index is 568. The Morgan fingerprint density at radius 3 is 2.65 bits per heavy atom. The number of phenols is 1. The zero-order valence-corrected chi connectivity index (χ0v) is 10.6. The van der Waals surface area contributed by atoms with Crippen LogP contribution in [0.5, 0.6) is 5.75 Å². The molecule has 2 saturated heterocycles. The summed E-state index contributed by atoms with van der Waals surface area (Å²) >= 11 is 0. The summed E-state index contributed by atoms with van der Waals surface area (Å²) in [6.45, 7) is 0. The van der Waals surface area contributed by atoms with Gasteiger partial charge in [0, 0.05) is 12.1 Å². The number of rotatable bonds is 2. The SMILES string of the molecule is O=C(O)C1CC2CCC1N2C(=O)c1c(O)cccc1F. The predicted molar refractivity (Wildman–Crippen MR) is 66.8 cm³/mol. The molecule has 2 heterocycles. The first-order chi connectivity index (χ1) is 9.50. The molecule has 0 aliphatic carbocycles. The van der Waals surface area contributed by atoms with E-state index in [2.05, 4.69) is 0 Å². The number of hydrogen-bond donors (Lipinski definition) is 2. The molecule has 1 aromatic carbocycles. The van der Waals surface area contributed by atoms with E-state index in [4.69, 9.17) is 5.11 Å². The second-order valence-electron chi connectivity index (χ2n) is 5.33. The molecule has 20 heavy (non-hydrogen) atoms. The zero-order chi connectivity index (χ0) is 14.4. The van der Waals surface area contributed by atoms with Crippen LogP contribution >= 0.6 is 0 Å². The Kier molecular flexibility index (Phi) is 2.88. The lowest BCUT2D eigenvalue weighted by Crippen LogP contribution is -2.38. The van der Waals surface area contributed by atoms with Gasteiger partial charge in [-0.1, -0.05) is 6.07 Å². The summed E-state index contributed by atoms with van der Waals surface area (Å²) in [7, 11) is 0. The van der Waals surface area contributed by atoms with Crippen molar-refractivity contribution in [2.24, 2.45) is 5.92 Å². The van der Waals surface area contributed by atoms with Crippen LogP contribution in [0.3, 0.4) is 0 Å². The van der Waals surface area contributed by atoms with E-state index >= 15 is 0 Å². The van der Waals surface area contributed by atoms with Crippen LogP contribution in [0.15, 0.2) is 18.2 Å². The molecule has 106 valence electrons. The van der Waals surface area contributed by atoms with Gasteiger partial charge < -0.3 is 15.1 Å². The van der Waals surface area contributed by atoms with Gasteiger partial charge in [0.05, 0.1) is 5.92 Å². The van der Waals surface area contributed by atoms with Crippen molar-refractivity contribution in [3.8, 4) is 5.75 Å². The minimum Gasteiger partial charge on any atom is -0.507 e. The van der Waals surface area contributed by atoms with E-state index in [0.717, 1.165) is 12.5 Å². The summed E-state index contributed by atoms with van der Waals surface area (Å²) < 4.78 is 13.8. The van der Waals surface area contributed by atoms with Crippen molar-refractivity contribution >= 4 is 11.9 Å². The Labute approximate surface area is 114 Å². The molecule has 2 bridgehead atoms. The summed E-state index contributed by atoms with van der Waals surface area (Å²) in [5.41, 5.74) is -0.365. The van der Waals surface area contributed by atoms with Crippen molar-refractivity contribution in [3.05, 3.63) is 29.6 Å². The van der Waals surface area contributed by atoms with Crippen LogP contribution in [0.25, 0.3) is 0 Å². The Balaban J connectivity index is 1.94. The number of fused-ring (bicyclic) bond motifs is 2. The highest BCUT2D eigenvalue weighted by Gasteiger charge is 2.52. The maximum Gasteiger partial charge on any atom is 0.308 e. The maximum atomic E-state index is 13.8. The minimum atomic E-state index is -0.923. The van der Waals surface area contributed by atoms with Crippen LogP contribution in [0.2, 0.25) is 0 Å². The molecule has 3 rings (SSSR count). The molecule has 2 aliphatic rings. The van der Waals surface area contributed by atoms with E-state index in [0.29, 0.717) is 12.8 Å². The average molecular weight is 279 g/mol. The number of carbonyl (C=O) groups is 2. The molecule has 6 heteroatoms. The molecular formula is C14H14FNO4. The van der Waals surface area contributed by atoms with Crippen molar-refractivity contribution in [1.29, 1.82) is 0 Å². The first-order valence-electron chi connectivity index (χ1n) is 6.53. The van der Waals surface area contributed by atoms with Gasteiger partial charge in [-0.15, -0.1) is 0 Å². The average Bonchev–Trinajstić information content (AvgIpc) is 2.95. The lowest BCUT2D eigenvalue weighted by molar-refractivity contribution is -0.142. The fourth-order valence-electron chi connectivity index (χ4n) is 3.42. The molecule has 1 amide bonds. The normalized spacial score (nSPS) is 27.9. The molecular weight excluding hydrogens is 265 g/mol. The molecule has 3 unspecified atom stereocenters. The molecule has 5 nitrogen and oxygen atoms in total. The largest absolute Gasteiger partial charge is 0.507 e. The molecule has 3 atom stereocenters. The van der Waals surface area contributed by atoms with Crippen LogP contribution in [0.1, 0.15) is 29.6 Å². The first kappa shape index (κ1) is 12.9. The number of benzene rings is 1. The highest BCUT2D eigenvalue weighted by molar-refractivity contribution is 5.98. The topological polar surface area (TPSA) is 77.8 Å². The number of carboxylic acids is 1. The van der Waals surface area contributed by atoms with E-state index < -0.39 is 35.4 Å². The van der Waals surface area contributed by atoms with Gasteiger partial charge in [0.15, 0.2) is 0 Å². The molecule has 0 aromatic heterocycles. The van der Waals surface area contributed by atoms with E-state index in [1.165, 1.54) is 17.0 Å². The second-order valence-corrected chi connectivity index (χ2v) is 5.33. The number of aliphatic carboxylic acids is 1. The van der Waals surface area contributed by atoms with Gasteiger partial charge in [-0.05, 0) is 31.4 Å². The van der Waals surface area contributed by atoms with Crippen molar-refractivity contribution in [1.82, 2.24) is 4.90 Å². The van der Waals surface area contributed by atoms with Crippen molar-refractivity contribution in [3.63, 3.8) is 0 Å². The monoisotopic (exact) mass is 279 g/mol. The van der Waals surface area contributed by atoms with Crippen molar-refractivity contribution < 1.29 is 24.2 Å².